The van der Waals surface area contributed by atoms with Gasteiger partial charge in [-0.25, -0.2) is 0 Å². The molecule has 0 atom stereocenters. The molecule has 0 saturated carbocycles. The predicted octanol–water partition coefficient (Wildman–Crippen LogP) is 1.71. The molecule has 0 amide bonds. The second-order valence-corrected chi connectivity index (χ2v) is 2.30. The van der Waals surface area contributed by atoms with E-state index in [0.29, 0.717) is 22.9 Å². The lowest BCUT2D eigenvalue weighted by Gasteiger charge is -2.10. The molecule has 0 aliphatic carbocycles. The molecule has 6 heteroatoms. The fraction of sp³-hybridized carbons (Fsp3) is 0.250. The molecule has 0 aliphatic rings. The van der Waals surface area contributed by atoms with E-state index in [-0.39, 0.29) is 24.8 Å². The van der Waals surface area contributed by atoms with Gasteiger partial charge in [0.05, 0.1) is 14.2 Å². The molecule has 0 aliphatic heterocycles. The highest BCUT2D eigenvalue weighted by atomic mass is 35.5. The summed E-state index contributed by atoms with van der Waals surface area (Å²) in [5.74, 6) is 1.13. The zero-order chi connectivity index (χ0) is 9.14. The Hall–Kier alpha value is -1.00. The second kappa shape index (κ2) is 6.45. The van der Waals surface area contributed by atoms with Gasteiger partial charge in [0, 0.05) is 0 Å². The van der Waals surface area contributed by atoms with Gasteiger partial charge in [-0.2, -0.15) is 0 Å². The highest BCUT2D eigenvalue weighted by Gasteiger charge is 2.07. The Balaban J connectivity index is 0. The van der Waals surface area contributed by atoms with Gasteiger partial charge in [0.15, 0.2) is 0 Å². The summed E-state index contributed by atoms with van der Waals surface area (Å²) in [6.07, 6.45) is 0. The van der Waals surface area contributed by atoms with Crippen LogP contribution in [0.4, 0.5) is 11.4 Å². The first-order valence-corrected chi connectivity index (χ1v) is 3.46. The first kappa shape index (κ1) is 15.5. The third-order valence-corrected chi connectivity index (χ3v) is 1.65. The molecule has 4 N–H and O–H groups in total. The van der Waals surface area contributed by atoms with Gasteiger partial charge in [0.25, 0.3) is 0 Å². The monoisotopic (exact) mass is 240 g/mol. The summed E-state index contributed by atoms with van der Waals surface area (Å²) < 4.78 is 9.93. The van der Waals surface area contributed by atoms with Gasteiger partial charge < -0.3 is 20.9 Å². The molecule has 1 aromatic carbocycles. The highest BCUT2D eigenvalue weighted by molar-refractivity contribution is 5.85. The minimum atomic E-state index is 0. The summed E-state index contributed by atoms with van der Waals surface area (Å²) in [6, 6.07) is 3.43. The van der Waals surface area contributed by atoms with Crippen LogP contribution in [0.15, 0.2) is 12.1 Å². The standard InChI is InChI=1S/C8H12N2O2.2ClH/c1-11-5-3-4-6(12-2)8(10)7(5)9;;/h3-4H,9-10H2,1-2H3;2*1H. The molecule has 0 aromatic heterocycles. The molecule has 0 fully saturated rings. The first-order chi connectivity index (χ1) is 5.70. The largest absolute Gasteiger partial charge is 0.495 e. The van der Waals surface area contributed by atoms with Gasteiger partial charge in [-0.05, 0) is 12.1 Å². The third-order valence-electron chi connectivity index (χ3n) is 1.65. The van der Waals surface area contributed by atoms with Gasteiger partial charge in [-0.3, -0.25) is 0 Å². The number of hydrogen-bond donors (Lipinski definition) is 2. The second-order valence-electron chi connectivity index (χ2n) is 2.30. The summed E-state index contributed by atoms with van der Waals surface area (Å²) in [5.41, 5.74) is 12.1. The maximum atomic E-state index is 5.64. The number of rotatable bonds is 2. The van der Waals surface area contributed by atoms with Gasteiger partial charge >= 0.3 is 0 Å². The number of halogens is 2. The van der Waals surface area contributed by atoms with Crippen LogP contribution in [-0.2, 0) is 0 Å². The highest BCUT2D eigenvalue weighted by Crippen LogP contribution is 2.34. The van der Waals surface area contributed by atoms with E-state index in [1.165, 1.54) is 14.2 Å². The summed E-state index contributed by atoms with van der Waals surface area (Å²) in [7, 11) is 3.08. The lowest BCUT2D eigenvalue weighted by Crippen LogP contribution is -2.00. The maximum absolute atomic E-state index is 5.64. The van der Waals surface area contributed by atoms with E-state index < -0.39 is 0 Å². The molecule has 0 spiro atoms. The van der Waals surface area contributed by atoms with Crippen molar-refractivity contribution < 1.29 is 9.47 Å². The van der Waals surface area contributed by atoms with Crippen molar-refractivity contribution in [3.8, 4) is 11.5 Å². The number of nitrogens with two attached hydrogens (primary N) is 2. The molecule has 1 aromatic rings. The molecule has 0 saturated heterocycles. The van der Waals surface area contributed by atoms with Gasteiger partial charge in [-0.1, -0.05) is 0 Å². The van der Waals surface area contributed by atoms with Crippen LogP contribution in [-0.4, -0.2) is 14.2 Å². The van der Waals surface area contributed by atoms with Crippen LogP contribution in [0.3, 0.4) is 0 Å². The van der Waals surface area contributed by atoms with E-state index in [1.807, 2.05) is 0 Å². The van der Waals surface area contributed by atoms with E-state index in [9.17, 15) is 0 Å². The van der Waals surface area contributed by atoms with E-state index in [4.69, 9.17) is 20.9 Å². The van der Waals surface area contributed by atoms with Crippen molar-refractivity contribution in [2.24, 2.45) is 0 Å². The smallest absolute Gasteiger partial charge is 0.144 e. The number of ether oxygens (including phenoxy) is 2. The summed E-state index contributed by atoms with van der Waals surface area (Å²) in [5, 5.41) is 0. The zero-order valence-corrected chi connectivity index (χ0v) is 9.58. The van der Waals surface area contributed by atoms with Crippen LogP contribution in [0.5, 0.6) is 11.5 Å². The van der Waals surface area contributed by atoms with Crippen molar-refractivity contribution in [1.29, 1.82) is 0 Å². The van der Waals surface area contributed by atoms with E-state index in [0.717, 1.165) is 0 Å². The number of anilines is 2. The molecule has 0 unspecified atom stereocenters. The van der Waals surface area contributed by atoms with E-state index >= 15 is 0 Å². The van der Waals surface area contributed by atoms with Crippen LogP contribution in [0.1, 0.15) is 0 Å². The Kier molecular flexibility index (Phi) is 7.13. The number of hydrogen-bond acceptors (Lipinski definition) is 4. The van der Waals surface area contributed by atoms with Crippen LogP contribution in [0.25, 0.3) is 0 Å². The average Bonchev–Trinajstić information content (AvgIpc) is 2.10. The quantitative estimate of drug-likeness (QED) is 0.773. The molecule has 4 nitrogen and oxygen atoms in total. The Morgan fingerprint density at radius 2 is 1.14 bits per heavy atom. The zero-order valence-electron chi connectivity index (χ0n) is 7.94. The molecule has 82 valence electrons. The SMILES string of the molecule is COc1ccc(OC)c(N)c1N.Cl.Cl. The number of nitrogen functional groups attached to an aromatic ring is 2. The van der Waals surface area contributed by atoms with Crippen LogP contribution < -0.4 is 20.9 Å². The topological polar surface area (TPSA) is 70.5 Å². The van der Waals surface area contributed by atoms with E-state index in [1.54, 1.807) is 12.1 Å². The Morgan fingerprint density at radius 1 is 0.857 bits per heavy atom. The van der Waals surface area contributed by atoms with Crippen LogP contribution in [0.2, 0.25) is 0 Å². The third kappa shape index (κ3) is 2.75. The maximum Gasteiger partial charge on any atom is 0.144 e. The fourth-order valence-electron chi connectivity index (χ4n) is 0.952. The molecule has 0 bridgehead atoms. The molecule has 0 radical (unpaired) electrons. The number of benzene rings is 1. The van der Waals surface area contributed by atoms with Gasteiger partial charge in [0.1, 0.15) is 22.9 Å². The average molecular weight is 241 g/mol. The fourth-order valence-corrected chi connectivity index (χ4v) is 0.952. The molecule has 1 rings (SSSR count). The molecule has 14 heavy (non-hydrogen) atoms. The van der Waals surface area contributed by atoms with Crippen molar-refractivity contribution in [2.45, 2.75) is 0 Å². The molecule has 0 heterocycles. The lowest BCUT2D eigenvalue weighted by atomic mass is 10.2. The summed E-state index contributed by atoms with van der Waals surface area (Å²) in [6.45, 7) is 0. The van der Waals surface area contributed by atoms with E-state index in [2.05, 4.69) is 0 Å². The Labute approximate surface area is 95.4 Å². The lowest BCUT2D eigenvalue weighted by molar-refractivity contribution is 0.406. The van der Waals surface area contributed by atoms with Crippen molar-refractivity contribution in [1.82, 2.24) is 0 Å². The van der Waals surface area contributed by atoms with Crippen molar-refractivity contribution in [3.63, 3.8) is 0 Å². The number of methoxy groups -OCH3 is 2. The predicted molar refractivity (Wildman–Crippen MR) is 62.9 cm³/mol. The molecular weight excluding hydrogens is 227 g/mol. The summed E-state index contributed by atoms with van der Waals surface area (Å²) >= 11 is 0. The van der Waals surface area contributed by atoms with Crippen molar-refractivity contribution in [3.05, 3.63) is 12.1 Å². The Morgan fingerprint density at radius 3 is 1.36 bits per heavy atom. The normalized spacial score (nSPS) is 8.14. The minimum Gasteiger partial charge on any atom is -0.495 e. The first-order valence-electron chi connectivity index (χ1n) is 3.46. The minimum absolute atomic E-state index is 0. The van der Waals surface area contributed by atoms with Crippen LogP contribution in [0, 0.1) is 0 Å². The van der Waals surface area contributed by atoms with Crippen LogP contribution >= 0.6 is 24.8 Å². The van der Waals surface area contributed by atoms with Crippen molar-refractivity contribution >= 4 is 36.2 Å². The molecular formula is C8H14Cl2N2O2. The van der Waals surface area contributed by atoms with Crippen molar-refractivity contribution in [2.75, 3.05) is 25.7 Å². The van der Waals surface area contributed by atoms with Gasteiger partial charge in [0.2, 0.25) is 0 Å². The summed E-state index contributed by atoms with van der Waals surface area (Å²) in [4.78, 5) is 0. The van der Waals surface area contributed by atoms with Gasteiger partial charge in [-0.15, -0.1) is 24.8 Å². The Bertz CT molecular complexity index is 266.